The second-order valence-electron chi connectivity index (χ2n) is 6.33. The standard InChI is InChI=1S/C17H24N6O2/c1-3-17(2,15-19-21-22-20-15)16(24)18-12-13-6-4-5-7-14(13)23-8-10-25-11-9-23/h4-7H,3,8-12H2,1-2H3,(H,18,24)(H,19,20,21,22). The number of para-hydroxylation sites is 1. The van der Waals surface area contributed by atoms with Gasteiger partial charge in [-0.05, 0) is 25.0 Å². The number of hydrogen-bond donors (Lipinski definition) is 2. The lowest BCUT2D eigenvalue weighted by Crippen LogP contribution is -2.43. The number of ether oxygens (including phenoxy) is 1. The largest absolute Gasteiger partial charge is 0.378 e. The van der Waals surface area contributed by atoms with Gasteiger partial charge in [0.15, 0.2) is 5.82 Å². The molecule has 0 spiro atoms. The number of nitrogens with one attached hydrogen (secondary N) is 2. The van der Waals surface area contributed by atoms with E-state index in [9.17, 15) is 4.79 Å². The van der Waals surface area contributed by atoms with Gasteiger partial charge in [-0.25, -0.2) is 0 Å². The molecule has 2 heterocycles. The number of rotatable bonds is 6. The second kappa shape index (κ2) is 7.60. The number of carbonyl (C=O) groups is 1. The van der Waals surface area contributed by atoms with Crippen LogP contribution in [0.5, 0.6) is 0 Å². The predicted molar refractivity (Wildman–Crippen MR) is 93.1 cm³/mol. The van der Waals surface area contributed by atoms with Crippen molar-refractivity contribution in [3.63, 3.8) is 0 Å². The molecule has 2 N–H and O–H groups in total. The Labute approximate surface area is 146 Å². The molecule has 8 heteroatoms. The fraction of sp³-hybridized carbons (Fsp3) is 0.529. The predicted octanol–water partition coefficient (Wildman–Crippen LogP) is 1.02. The van der Waals surface area contributed by atoms with Crippen LogP contribution in [0.2, 0.25) is 0 Å². The van der Waals surface area contributed by atoms with Crippen molar-refractivity contribution in [3.8, 4) is 0 Å². The number of amides is 1. The molecule has 0 saturated carbocycles. The number of hydrogen-bond acceptors (Lipinski definition) is 6. The number of aromatic amines is 1. The van der Waals surface area contributed by atoms with E-state index in [0.29, 0.717) is 18.8 Å². The van der Waals surface area contributed by atoms with Gasteiger partial charge in [-0.3, -0.25) is 4.79 Å². The molecule has 1 atom stereocenters. The maximum absolute atomic E-state index is 12.8. The fourth-order valence-electron chi connectivity index (χ4n) is 2.96. The highest BCUT2D eigenvalue weighted by molar-refractivity contribution is 5.86. The van der Waals surface area contributed by atoms with E-state index in [1.54, 1.807) is 0 Å². The van der Waals surface area contributed by atoms with Crippen LogP contribution in [0.4, 0.5) is 5.69 Å². The molecular formula is C17H24N6O2. The highest BCUT2D eigenvalue weighted by Crippen LogP contribution is 2.25. The van der Waals surface area contributed by atoms with Gasteiger partial charge < -0.3 is 15.0 Å². The van der Waals surface area contributed by atoms with E-state index in [1.165, 1.54) is 0 Å². The first-order valence-electron chi connectivity index (χ1n) is 8.58. The number of carbonyl (C=O) groups excluding carboxylic acids is 1. The minimum atomic E-state index is -0.805. The number of anilines is 1. The van der Waals surface area contributed by atoms with E-state index >= 15 is 0 Å². The minimum absolute atomic E-state index is 0.104. The molecule has 1 fully saturated rings. The van der Waals surface area contributed by atoms with E-state index in [1.807, 2.05) is 32.0 Å². The zero-order valence-electron chi connectivity index (χ0n) is 14.7. The highest BCUT2D eigenvalue weighted by Gasteiger charge is 2.37. The molecule has 0 bridgehead atoms. The van der Waals surface area contributed by atoms with Gasteiger partial charge in [-0.1, -0.05) is 30.3 Å². The normalized spacial score (nSPS) is 17.1. The molecule has 1 aromatic heterocycles. The molecule has 1 aliphatic rings. The summed E-state index contributed by atoms with van der Waals surface area (Å²) in [5.41, 5.74) is 1.43. The summed E-state index contributed by atoms with van der Waals surface area (Å²) in [6.45, 7) is 7.42. The molecule has 134 valence electrons. The summed E-state index contributed by atoms with van der Waals surface area (Å²) in [5, 5.41) is 17.0. The Morgan fingerprint density at radius 2 is 2.12 bits per heavy atom. The Balaban J connectivity index is 1.72. The van der Waals surface area contributed by atoms with Crippen molar-refractivity contribution in [3.05, 3.63) is 35.7 Å². The number of nitrogens with zero attached hydrogens (tertiary/aromatic N) is 4. The number of H-pyrrole nitrogens is 1. The van der Waals surface area contributed by atoms with Crippen molar-refractivity contribution < 1.29 is 9.53 Å². The van der Waals surface area contributed by atoms with E-state index in [2.05, 4.69) is 36.9 Å². The molecule has 1 amide bonds. The van der Waals surface area contributed by atoms with Crippen molar-refractivity contribution in [2.24, 2.45) is 0 Å². The lowest BCUT2D eigenvalue weighted by molar-refractivity contribution is -0.126. The Kier molecular flexibility index (Phi) is 5.28. The van der Waals surface area contributed by atoms with Crippen LogP contribution in [0, 0.1) is 0 Å². The SMILES string of the molecule is CCC(C)(C(=O)NCc1ccccc1N1CCOCC1)c1nn[nH]n1. The molecule has 25 heavy (non-hydrogen) atoms. The van der Waals surface area contributed by atoms with Gasteiger partial charge in [-0.2, -0.15) is 5.21 Å². The highest BCUT2D eigenvalue weighted by atomic mass is 16.5. The summed E-state index contributed by atoms with van der Waals surface area (Å²) in [6.07, 6.45) is 0.587. The lowest BCUT2D eigenvalue weighted by atomic mass is 9.85. The summed E-state index contributed by atoms with van der Waals surface area (Å²) >= 11 is 0. The summed E-state index contributed by atoms with van der Waals surface area (Å²) in [6, 6.07) is 8.14. The van der Waals surface area contributed by atoms with Gasteiger partial charge in [0.25, 0.3) is 0 Å². The fourth-order valence-corrected chi connectivity index (χ4v) is 2.96. The molecule has 1 unspecified atom stereocenters. The van der Waals surface area contributed by atoms with Crippen LogP contribution in [0.3, 0.4) is 0 Å². The van der Waals surface area contributed by atoms with Gasteiger partial charge >= 0.3 is 0 Å². The van der Waals surface area contributed by atoms with Crippen LogP contribution in [0.25, 0.3) is 0 Å². The lowest BCUT2D eigenvalue weighted by Gasteiger charge is -2.31. The molecule has 8 nitrogen and oxygen atoms in total. The number of tetrazole rings is 1. The monoisotopic (exact) mass is 344 g/mol. The molecule has 1 saturated heterocycles. The van der Waals surface area contributed by atoms with Crippen LogP contribution >= 0.6 is 0 Å². The Hall–Kier alpha value is -2.48. The van der Waals surface area contributed by atoms with E-state index < -0.39 is 5.41 Å². The topological polar surface area (TPSA) is 96.0 Å². The second-order valence-corrected chi connectivity index (χ2v) is 6.33. The van der Waals surface area contributed by atoms with E-state index in [0.717, 1.165) is 37.6 Å². The summed E-state index contributed by atoms with van der Waals surface area (Å²) in [7, 11) is 0. The maximum atomic E-state index is 12.8. The molecule has 2 aromatic rings. The van der Waals surface area contributed by atoms with E-state index in [4.69, 9.17) is 4.74 Å². The first-order valence-corrected chi connectivity index (χ1v) is 8.58. The van der Waals surface area contributed by atoms with Crippen LogP contribution in [-0.4, -0.2) is 52.8 Å². The molecule has 0 radical (unpaired) electrons. The average Bonchev–Trinajstić information content (AvgIpc) is 3.21. The van der Waals surface area contributed by atoms with Gasteiger partial charge in [0.2, 0.25) is 5.91 Å². The van der Waals surface area contributed by atoms with Crippen LogP contribution in [-0.2, 0) is 21.5 Å². The van der Waals surface area contributed by atoms with Crippen molar-refractivity contribution in [2.45, 2.75) is 32.2 Å². The minimum Gasteiger partial charge on any atom is -0.378 e. The first-order chi connectivity index (χ1) is 12.1. The van der Waals surface area contributed by atoms with Gasteiger partial charge in [0.1, 0.15) is 5.41 Å². The number of morpholine rings is 1. The van der Waals surface area contributed by atoms with Gasteiger partial charge in [0.05, 0.1) is 13.2 Å². The number of aromatic nitrogens is 4. The third-order valence-electron chi connectivity index (χ3n) is 4.83. The Bertz CT molecular complexity index is 699. The van der Waals surface area contributed by atoms with Crippen LogP contribution in [0.15, 0.2) is 24.3 Å². The van der Waals surface area contributed by atoms with Crippen LogP contribution < -0.4 is 10.2 Å². The van der Waals surface area contributed by atoms with Gasteiger partial charge in [0, 0.05) is 25.3 Å². The van der Waals surface area contributed by atoms with Crippen molar-refractivity contribution in [1.82, 2.24) is 25.9 Å². The molecule has 3 rings (SSSR count). The zero-order valence-corrected chi connectivity index (χ0v) is 14.7. The third-order valence-corrected chi connectivity index (χ3v) is 4.83. The average molecular weight is 344 g/mol. The summed E-state index contributed by atoms with van der Waals surface area (Å²) < 4.78 is 5.43. The third kappa shape index (κ3) is 3.63. The zero-order chi connectivity index (χ0) is 17.7. The van der Waals surface area contributed by atoms with Crippen molar-refractivity contribution >= 4 is 11.6 Å². The van der Waals surface area contributed by atoms with Crippen molar-refractivity contribution in [1.29, 1.82) is 0 Å². The Morgan fingerprint density at radius 3 is 2.80 bits per heavy atom. The molecular weight excluding hydrogens is 320 g/mol. The first kappa shape index (κ1) is 17.3. The maximum Gasteiger partial charge on any atom is 0.234 e. The Morgan fingerprint density at radius 1 is 1.36 bits per heavy atom. The summed E-state index contributed by atoms with van der Waals surface area (Å²) in [4.78, 5) is 15.1. The molecule has 1 aliphatic heterocycles. The van der Waals surface area contributed by atoms with Gasteiger partial charge in [-0.15, -0.1) is 10.2 Å². The summed E-state index contributed by atoms with van der Waals surface area (Å²) in [5.74, 6) is 0.308. The smallest absolute Gasteiger partial charge is 0.234 e. The molecule has 0 aliphatic carbocycles. The molecule has 1 aromatic carbocycles. The quantitative estimate of drug-likeness (QED) is 0.812. The van der Waals surface area contributed by atoms with Crippen LogP contribution in [0.1, 0.15) is 31.7 Å². The van der Waals surface area contributed by atoms with E-state index in [-0.39, 0.29) is 5.91 Å². The van der Waals surface area contributed by atoms with Crippen molar-refractivity contribution in [2.75, 3.05) is 31.2 Å². The number of benzene rings is 1.